The zero-order chi connectivity index (χ0) is 18.7. The Morgan fingerprint density at radius 3 is 2.46 bits per heavy atom. The standard InChI is InChI=1S/C19H23ClN4O2/c1-3-4-5-9-12-23-16-15(17(25)22(2)19(23)26)24(18(20)21-16)13-14-10-7-6-8-11-14/h6-8,10-11H,3-5,9,12-13H2,1-2H3. The molecule has 2 aromatic heterocycles. The molecule has 0 aliphatic rings. The van der Waals surface area contributed by atoms with E-state index >= 15 is 0 Å². The molecule has 7 heteroatoms. The van der Waals surface area contributed by atoms with Gasteiger partial charge in [0.15, 0.2) is 11.2 Å². The molecule has 0 saturated heterocycles. The van der Waals surface area contributed by atoms with Crippen molar-refractivity contribution in [3.05, 3.63) is 62.0 Å². The molecule has 6 nitrogen and oxygen atoms in total. The van der Waals surface area contributed by atoms with E-state index in [0.717, 1.165) is 35.8 Å². The highest BCUT2D eigenvalue weighted by Crippen LogP contribution is 2.18. The molecule has 26 heavy (non-hydrogen) atoms. The summed E-state index contributed by atoms with van der Waals surface area (Å²) in [5, 5.41) is 0.217. The summed E-state index contributed by atoms with van der Waals surface area (Å²) in [6.45, 7) is 3.10. The zero-order valence-electron chi connectivity index (χ0n) is 15.1. The third-order valence-corrected chi connectivity index (χ3v) is 4.89. The zero-order valence-corrected chi connectivity index (χ0v) is 15.9. The van der Waals surface area contributed by atoms with E-state index in [1.54, 1.807) is 9.13 Å². The van der Waals surface area contributed by atoms with Crippen molar-refractivity contribution in [1.29, 1.82) is 0 Å². The number of benzene rings is 1. The number of rotatable bonds is 7. The second kappa shape index (κ2) is 7.91. The Morgan fingerprint density at radius 2 is 1.77 bits per heavy atom. The molecule has 0 aliphatic carbocycles. The second-order valence-corrected chi connectivity index (χ2v) is 6.82. The minimum Gasteiger partial charge on any atom is -0.304 e. The summed E-state index contributed by atoms with van der Waals surface area (Å²) >= 11 is 6.34. The van der Waals surface area contributed by atoms with Crippen LogP contribution in [0.1, 0.15) is 38.2 Å². The van der Waals surface area contributed by atoms with Gasteiger partial charge in [-0.15, -0.1) is 0 Å². The minimum absolute atomic E-state index is 0.217. The third kappa shape index (κ3) is 3.46. The summed E-state index contributed by atoms with van der Waals surface area (Å²) < 4.78 is 4.39. The van der Waals surface area contributed by atoms with E-state index < -0.39 is 0 Å². The van der Waals surface area contributed by atoms with Crippen molar-refractivity contribution in [1.82, 2.24) is 18.7 Å². The lowest BCUT2D eigenvalue weighted by molar-refractivity contribution is 0.554. The van der Waals surface area contributed by atoms with Gasteiger partial charge in [0.05, 0.1) is 6.54 Å². The lowest BCUT2D eigenvalue weighted by atomic mass is 10.2. The smallest absolute Gasteiger partial charge is 0.304 e. The van der Waals surface area contributed by atoms with Gasteiger partial charge in [0.1, 0.15) is 0 Å². The number of fused-ring (bicyclic) bond motifs is 1. The molecule has 0 radical (unpaired) electrons. The average Bonchev–Trinajstić information content (AvgIpc) is 2.96. The summed E-state index contributed by atoms with van der Waals surface area (Å²) in [7, 11) is 1.50. The SMILES string of the molecule is CCCCCCn1c(=O)n(C)c(=O)c2c1nc(Cl)n2Cc1ccccc1. The molecule has 0 spiro atoms. The minimum atomic E-state index is -0.370. The molecular weight excluding hydrogens is 352 g/mol. The van der Waals surface area contributed by atoms with Crippen LogP contribution in [0.5, 0.6) is 0 Å². The van der Waals surface area contributed by atoms with Crippen LogP contribution in [0.4, 0.5) is 0 Å². The first-order valence-electron chi connectivity index (χ1n) is 8.94. The van der Waals surface area contributed by atoms with Gasteiger partial charge in [-0.05, 0) is 23.6 Å². The Bertz CT molecular complexity index is 1020. The van der Waals surface area contributed by atoms with Gasteiger partial charge in [-0.1, -0.05) is 56.5 Å². The van der Waals surface area contributed by atoms with Crippen LogP contribution in [0.15, 0.2) is 39.9 Å². The molecule has 0 fully saturated rings. The van der Waals surface area contributed by atoms with Crippen LogP contribution in [-0.2, 0) is 20.1 Å². The molecule has 3 aromatic rings. The van der Waals surface area contributed by atoms with Gasteiger partial charge in [0, 0.05) is 13.6 Å². The second-order valence-electron chi connectivity index (χ2n) is 6.48. The van der Waals surface area contributed by atoms with Crippen LogP contribution in [0.3, 0.4) is 0 Å². The predicted molar refractivity (Wildman–Crippen MR) is 104 cm³/mol. The summed E-state index contributed by atoms with van der Waals surface area (Å²) in [5.74, 6) is 0. The summed E-state index contributed by atoms with van der Waals surface area (Å²) in [5.41, 5.74) is 1.04. The van der Waals surface area contributed by atoms with Gasteiger partial charge >= 0.3 is 5.69 Å². The first-order valence-corrected chi connectivity index (χ1v) is 9.32. The molecule has 0 saturated carbocycles. The lowest BCUT2D eigenvalue weighted by Crippen LogP contribution is -2.38. The summed E-state index contributed by atoms with van der Waals surface area (Å²) in [6.07, 6.45) is 4.14. The number of unbranched alkanes of at least 4 members (excludes halogenated alkanes) is 3. The van der Waals surface area contributed by atoms with Crippen molar-refractivity contribution < 1.29 is 0 Å². The third-order valence-electron chi connectivity index (χ3n) is 4.60. The summed E-state index contributed by atoms with van der Waals surface area (Å²) in [6, 6.07) is 9.74. The highest BCUT2D eigenvalue weighted by molar-refractivity contribution is 6.29. The van der Waals surface area contributed by atoms with Crippen LogP contribution in [0.25, 0.3) is 11.2 Å². The Morgan fingerprint density at radius 1 is 1.04 bits per heavy atom. The van der Waals surface area contributed by atoms with Crippen molar-refractivity contribution in [2.24, 2.45) is 7.05 Å². The molecule has 0 aliphatic heterocycles. The molecule has 0 N–H and O–H groups in total. The van der Waals surface area contributed by atoms with Crippen molar-refractivity contribution in [3.63, 3.8) is 0 Å². The van der Waals surface area contributed by atoms with E-state index in [2.05, 4.69) is 11.9 Å². The maximum Gasteiger partial charge on any atom is 0.332 e. The number of halogens is 1. The van der Waals surface area contributed by atoms with Crippen molar-refractivity contribution >= 4 is 22.8 Å². The topological polar surface area (TPSA) is 61.8 Å². The number of hydrogen-bond donors (Lipinski definition) is 0. The average molecular weight is 375 g/mol. The van der Waals surface area contributed by atoms with Gasteiger partial charge in [0.25, 0.3) is 5.56 Å². The van der Waals surface area contributed by atoms with E-state index in [0.29, 0.717) is 24.3 Å². The van der Waals surface area contributed by atoms with E-state index in [4.69, 9.17) is 11.6 Å². The number of hydrogen-bond acceptors (Lipinski definition) is 3. The van der Waals surface area contributed by atoms with Crippen molar-refractivity contribution in [2.45, 2.75) is 45.7 Å². The molecular formula is C19H23ClN4O2. The van der Waals surface area contributed by atoms with E-state index in [-0.39, 0.29) is 16.5 Å². The fourth-order valence-electron chi connectivity index (χ4n) is 3.14. The van der Waals surface area contributed by atoms with Crippen LogP contribution in [0.2, 0.25) is 5.28 Å². The van der Waals surface area contributed by atoms with Crippen LogP contribution in [0, 0.1) is 0 Å². The normalized spacial score (nSPS) is 11.3. The van der Waals surface area contributed by atoms with Crippen LogP contribution < -0.4 is 11.2 Å². The largest absolute Gasteiger partial charge is 0.332 e. The van der Waals surface area contributed by atoms with Gasteiger partial charge < -0.3 is 4.57 Å². The molecule has 0 amide bonds. The maximum atomic E-state index is 12.7. The number of aromatic nitrogens is 4. The fraction of sp³-hybridized carbons (Fsp3) is 0.421. The van der Waals surface area contributed by atoms with E-state index in [1.807, 2.05) is 30.3 Å². The molecule has 0 atom stereocenters. The van der Waals surface area contributed by atoms with Gasteiger partial charge in [-0.2, -0.15) is 4.98 Å². The number of imidazole rings is 1. The molecule has 2 heterocycles. The van der Waals surface area contributed by atoms with Crippen molar-refractivity contribution in [2.75, 3.05) is 0 Å². The fourth-order valence-corrected chi connectivity index (χ4v) is 3.36. The van der Waals surface area contributed by atoms with E-state index in [9.17, 15) is 9.59 Å². The van der Waals surface area contributed by atoms with E-state index in [1.165, 1.54) is 7.05 Å². The molecule has 0 bridgehead atoms. The first kappa shape index (κ1) is 18.5. The monoisotopic (exact) mass is 374 g/mol. The predicted octanol–water partition coefficient (Wildman–Crippen LogP) is 3.18. The molecule has 138 valence electrons. The van der Waals surface area contributed by atoms with Crippen molar-refractivity contribution in [3.8, 4) is 0 Å². The lowest BCUT2D eigenvalue weighted by Gasteiger charge is -2.10. The van der Waals surface area contributed by atoms with Crippen LogP contribution >= 0.6 is 11.6 Å². The first-order chi connectivity index (χ1) is 12.5. The Balaban J connectivity index is 2.11. The highest BCUT2D eigenvalue weighted by Gasteiger charge is 2.19. The van der Waals surface area contributed by atoms with Gasteiger partial charge in [-0.3, -0.25) is 13.9 Å². The summed E-state index contributed by atoms with van der Waals surface area (Å²) in [4.78, 5) is 29.7. The highest BCUT2D eigenvalue weighted by atomic mass is 35.5. The molecule has 0 unspecified atom stereocenters. The molecule has 1 aromatic carbocycles. The van der Waals surface area contributed by atoms with Gasteiger partial charge in [0.2, 0.25) is 5.28 Å². The molecule has 3 rings (SSSR count). The Labute approximate surface area is 156 Å². The Hall–Kier alpha value is -2.34. The number of nitrogens with zero attached hydrogens (tertiary/aromatic N) is 4. The maximum absolute atomic E-state index is 12.7. The number of aryl methyl sites for hydroxylation is 1. The van der Waals surface area contributed by atoms with Crippen LogP contribution in [-0.4, -0.2) is 18.7 Å². The quantitative estimate of drug-likeness (QED) is 0.471. The van der Waals surface area contributed by atoms with Gasteiger partial charge in [-0.25, -0.2) is 4.79 Å². The Kier molecular flexibility index (Phi) is 5.61.